The molecule has 1 amide bonds. The van der Waals surface area contributed by atoms with Crippen molar-refractivity contribution in [3.8, 4) is 0 Å². The second kappa shape index (κ2) is 33.4. The highest BCUT2D eigenvalue weighted by Crippen LogP contribution is 2.26. The van der Waals surface area contributed by atoms with Crippen molar-refractivity contribution >= 4 is 16.3 Å². The first kappa shape index (κ1) is 52.6. The van der Waals surface area contributed by atoms with E-state index in [0.29, 0.717) is 12.8 Å². The molecule has 0 bridgehead atoms. The molecule has 1 heterocycles. The number of carbonyl (C=O) groups excluding carboxylic acids is 1. The van der Waals surface area contributed by atoms with Gasteiger partial charge in [-0.05, 0) is 44.9 Å². The molecule has 0 saturated carbocycles. The zero-order valence-electron chi connectivity index (χ0n) is 34.6. The lowest BCUT2D eigenvalue weighted by Gasteiger charge is -2.41. The molecule has 1 fully saturated rings. The molecule has 13 nitrogen and oxygen atoms in total. The Kier molecular flexibility index (Phi) is 31.3. The normalized spacial score (nSPS) is 22.2. The second-order valence-corrected chi connectivity index (χ2v) is 16.5. The molecule has 0 radical (unpaired) electrons. The highest BCUT2D eigenvalue weighted by atomic mass is 32.3. The van der Waals surface area contributed by atoms with Gasteiger partial charge in [0.2, 0.25) is 5.91 Å². The molecule has 1 rings (SSSR count). The van der Waals surface area contributed by atoms with E-state index in [1.165, 1.54) is 76.7 Å². The minimum Gasteiger partial charge on any atom is -0.394 e. The largest absolute Gasteiger partial charge is 0.397 e. The first-order valence-electron chi connectivity index (χ1n) is 21.8. The Balaban J connectivity index is 2.48. The Labute approximate surface area is 338 Å². The lowest BCUT2D eigenvalue weighted by atomic mass is 9.99. The number of nitrogens with one attached hydrogen (secondary N) is 1. The van der Waals surface area contributed by atoms with Crippen molar-refractivity contribution in [2.24, 2.45) is 0 Å². The van der Waals surface area contributed by atoms with Crippen molar-refractivity contribution in [3.05, 3.63) is 24.3 Å². The van der Waals surface area contributed by atoms with Crippen molar-refractivity contribution in [3.63, 3.8) is 0 Å². The minimum absolute atomic E-state index is 0.236. The van der Waals surface area contributed by atoms with E-state index < -0.39 is 78.5 Å². The van der Waals surface area contributed by atoms with E-state index in [2.05, 4.69) is 35.5 Å². The standard InChI is InChI=1S/C42H79NO12S/c1-3-5-7-9-11-12-13-14-15-16-17-18-19-20-21-22-23-25-27-29-31-36(46)41(49)43-34(35(45)30-28-26-24-10-8-6-4-2)33-53-42-39(48)40(55-56(50,51)52)38(47)37(32-44)54-42/h18-19,28,30,34-40,42,44-48H,3-17,20-27,29,31-33H2,1-2H3,(H,43,49)(H,50,51,52)/b19-18-,30-28+. The third-order valence-electron chi connectivity index (χ3n) is 10.3. The average Bonchev–Trinajstić information content (AvgIpc) is 3.16. The van der Waals surface area contributed by atoms with Crippen LogP contribution in [0.25, 0.3) is 0 Å². The molecule has 0 aromatic carbocycles. The summed E-state index contributed by atoms with van der Waals surface area (Å²) in [5.41, 5.74) is 0. The van der Waals surface area contributed by atoms with E-state index in [1.54, 1.807) is 6.08 Å². The Bertz CT molecular complexity index is 1120. The van der Waals surface area contributed by atoms with E-state index in [-0.39, 0.29) is 6.42 Å². The van der Waals surface area contributed by atoms with Crippen molar-refractivity contribution in [2.75, 3.05) is 13.2 Å². The van der Waals surface area contributed by atoms with Gasteiger partial charge < -0.3 is 40.3 Å². The van der Waals surface area contributed by atoms with E-state index >= 15 is 0 Å². The Hall–Kier alpha value is -1.46. The summed E-state index contributed by atoms with van der Waals surface area (Å²) in [6, 6.07) is -1.12. The number of hydrogen-bond acceptors (Lipinski definition) is 11. The van der Waals surface area contributed by atoms with Crippen LogP contribution in [0.3, 0.4) is 0 Å². The summed E-state index contributed by atoms with van der Waals surface area (Å²) < 4.78 is 47.2. The molecule has 330 valence electrons. The average molecular weight is 822 g/mol. The van der Waals surface area contributed by atoms with Crippen LogP contribution in [0, 0.1) is 0 Å². The number of unbranched alkanes of at least 4 members (excludes halogenated alkanes) is 21. The van der Waals surface area contributed by atoms with Crippen LogP contribution in [-0.2, 0) is 28.9 Å². The summed E-state index contributed by atoms with van der Waals surface area (Å²) in [5, 5.41) is 54.8. The molecule has 8 unspecified atom stereocenters. The monoisotopic (exact) mass is 822 g/mol. The summed E-state index contributed by atoms with van der Waals surface area (Å²) in [7, 11) is -5.11. The first-order chi connectivity index (χ1) is 26.9. The molecule has 0 aliphatic carbocycles. The van der Waals surface area contributed by atoms with Crippen molar-refractivity contribution < 1.29 is 57.0 Å². The van der Waals surface area contributed by atoms with E-state index in [4.69, 9.17) is 14.0 Å². The molecule has 0 aromatic rings. The molecule has 7 N–H and O–H groups in total. The lowest BCUT2D eigenvalue weighted by molar-refractivity contribution is -0.298. The molecule has 1 saturated heterocycles. The molecule has 1 aliphatic rings. The number of ether oxygens (including phenoxy) is 2. The molecule has 8 atom stereocenters. The number of allylic oxidation sites excluding steroid dienone is 3. The summed E-state index contributed by atoms with van der Waals surface area (Å²) in [6.45, 7) is 3.12. The van der Waals surface area contributed by atoms with Crippen LogP contribution in [0.2, 0.25) is 0 Å². The van der Waals surface area contributed by atoms with Crippen molar-refractivity contribution in [1.82, 2.24) is 5.32 Å². The maximum absolute atomic E-state index is 13.0. The van der Waals surface area contributed by atoms with E-state index in [9.17, 15) is 38.7 Å². The van der Waals surface area contributed by atoms with Crippen LogP contribution in [0.5, 0.6) is 0 Å². The van der Waals surface area contributed by atoms with Crippen LogP contribution in [0.15, 0.2) is 24.3 Å². The van der Waals surface area contributed by atoms with Crippen LogP contribution < -0.4 is 5.32 Å². The molecular formula is C42H79NO12S. The molecule has 14 heteroatoms. The second-order valence-electron chi connectivity index (χ2n) is 15.4. The number of hydrogen-bond donors (Lipinski definition) is 7. The Morgan fingerprint density at radius 1 is 0.714 bits per heavy atom. The molecule has 0 spiro atoms. The molecule has 56 heavy (non-hydrogen) atoms. The van der Waals surface area contributed by atoms with Gasteiger partial charge in [-0.15, -0.1) is 0 Å². The van der Waals surface area contributed by atoms with Gasteiger partial charge in [0.15, 0.2) is 6.29 Å². The third-order valence-corrected chi connectivity index (χ3v) is 10.8. The fraction of sp³-hybridized carbons (Fsp3) is 0.881. The minimum atomic E-state index is -5.11. The van der Waals surface area contributed by atoms with Crippen molar-refractivity contribution in [1.29, 1.82) is 0 Å². The summed E-state index contributed by atoms with van der Waals surface area (Å²) >= 11 is 0. The number of carbonyl (C=O) groups is 1. The van der Waals surface area contributed by atoms with Gasteiger partial charge in [-0.3, -0.25) is 9.35 Å². The fourth-order valence-electron chi connectivity index (χ4n) is 6.81. The Morgan fingerprint density at radius 2 is 1.18 bits per heavy atom. The quantitative estimate of drug-likeness (QED) is 0.0199. The van der Waals surface area contributed by atoms with Gasteiger partial charge in [0.05, 0.1) is 25.4 Å². The summed E-state index contributed by atoms with van der Waals surface area (Å²) in [5.74, 6) is -0.712. The highest BCUT2D eigenvalue weighted by Gasteiger charge is 2.48. The lowest BCUT2D eigenvalue weighted by Crippen LogP contribution is -2.61. The highest BCUT2D eigenvalue weighted by molar-refractivity contribution is 7.80. The first-order valence-corrected chi connectivity index (χ1v) is 23.2. The maximum atomic E-state index is 13.0. The number of aliphatic hydroxyl groups excluding tert-OH is 5. The summed E-state index contributed by atoms with van der Waals surface area (Å²) in [6.07, 6.45) is 24.5. The molecule has 1 aliphatic heterocycles. The third kappa shape index (κ3) is 25.8. The van der Waals surface area contributed by atoms with Crippen LogP contribution in [0.1, 0.15) is 174 Å². The molecule has 0 aromatic heterocycles. The van der Waals surface area contributed by atoms with Gasteiger partial charge in [-0.2, -0.15) is 8.42 Å². The van der Waals surface area contributed by atoms with E-state index in [1.807, 2.05) is 0 Å². The van der Waals surface area contributed by atoms with Gasteiger partial charge in [-0.1, -0.05) is 154 Å². The van der Waals surface area contributed by atoms with Gasteiger partial charge in [0, 0.05) is 0 Å². The van der Waals surface area contributed by atoms with E-state index in [0.717, 1.165) is 70.6 Å². The van der Waals surface area contributed by atoms with Crippen LogP contribution >= 0.6 is 0 Å². The fourth-order valence-corrected chi connectivity index (χ4v) is 7.32. The number of rotatable bonds is 36. The predicted molar refractivity (Wildman–Crippen MR) is 219 cm³/mol. The van der Waals surface area contributed by atoms with Crippen molar-refractivity contribution in [2.45, 2.75) is 223 Å². The summed E-state index contributed by atoms with van der Waals surface area (Å²) in [4.78, 5) is 13.0. The Morgan fingerprint density at radius 3 is 1.66 bits per heavy atom. The van der Waals surface area contributed by atoms with Crippen LogP contribution in [0.4, 0.5) is 0 Å². The maximum Gasteiger partial charge on any atom is 0.397 e. The van der Waals surface area contributed by atoms with Gasteiger partial charge in [0.25, 0.3) is 0 Å². The smallest absolute Gasteiger partial charge is 0.394 e. The number of amides is 1. The zero-order valence-corrected chi connectivity index (χ0v) is 35.4. The van der Waals surface area contributed by atoms with Gasteiger partial charge in [-0.25, -0.2) is 4.18 Å². The zero-order chi connectivity index (χ0) is 41.4. The topological polar surface area (TPSA) is 212 Å². The predicted octanol–water partition coefficient (Wildman–Crippen LogP) is 6.74. The molecular weight excluding hydrogens is 743 g/mol. The van der Waals surface area contributed by atoms with Gasteiger partial charge in [0.1, 0.15) is 30.5 Å². The SMILES string of the molecule is CCCCCCC/C=C/C(O)C(COC1OC(CO)C(O)C(OS(=O)(=O)O)C1O)NC(=O)C(O)CCCCCCCC/C=C\CCCCCCCCCCCC. The van der Waals surface area contributed by atoms with Crippen LogP contribution in [-0.4, -0.2) is 107 Å². The number of aliphatic hydroxyl groups is 5. The van der Waals surface area contributed by atoms with Gasteiger partial charge >= 0.3 is 10.4 Å².